The molecule has 8 heteroatoms. The molecule has 3 aromatic rings. The molecule has 0 aliphatic carbocycles. The van der Waals surface area contributed by atoms with Gasteiger partial charge in [-0.2, -0.15) is 5.10 Å². The Balaban J connectivity index is 1.65. The molecule has 136 valence electrons. The van der Waals surface area contributed by atoms with Gasteiger partial charge in [0.1, 0.15) is 17.7 Å². The van der Waals surface area contributed by atoms with Crippen molar-refractivity contribution >= 4 is 34.9 Å². The Hall–Kier alpha value is -3.19. The minimum absolute atomic E-state index is 0.0308. The predicted molar refractivity (Wildman–Crippen MR) is 100.0 cm³/mol. The van der Waals surface area contributed by atoms with Gasteiger partial charge >= 0.3 is 0 Å². The zero-order valence-corrected chi connectivity index (χ0v) is 14.7. The van der Waals surface area contributed by atoms with Crippen LogP contribution in [0, 0.1) is 5.82 Å². The SMILES string of the molecule is O=C1C[C@H](C(=O)Nc2ccc(Cl)cc2)n2ncc(-c3ccc(F)cc3)c2N1. The second kappa shape index (κ2) is 6.85. The molecular formula is C19H14ClFN4O2. The maximum Gasteiger partial charge on any atom is 0.249 e. The van der Waals surface area contributed by atoms with Crippen LogP contribution >= 0.6 is 11.6 Å². The molecule has 0 radical (unpaired) electrons. The molecule has 0 unspecified atom stereocenters. The molecule has 0 fully saturated rings. The van der Waals surface area contributed by atoms with Crippen LogP contribution in [0.1, 0.15) is 12.5 Å². The molecule has 27 heavy (non-hydrogen) atoms. The fraction of sp³-hybridized carbons (Fsp3) is 0.105. The number of nitrogens with one attached hydrogen (secondary N) is 2. The molecule has 1 atom stereocenters. The van der Waals surface area contributed by atoms with Gasteiger partial charge in [0.25, 0.3) is 0 Å². The first kappa shape index (κ1) is 17.2. The highest BCUT2D eigenvalue weighted by molar-refractivity contribution is 6.30. The van der Waals surface area contributed by atoms with E-state index in [9.17, 15) is 14.0 Å². The number of hydrogen-bond acceptors (Lipinski definition) is 3. The third-order valence-corrected chi connectivity index (χ3v) is 4.55. The molecule has 2 N–H and O–H groups in total. The van der Waals surface area contributed by atoms with Gasteiger partial charge in [-0.3, -0.25) is 9.59 Å². The quantitative estimate of drug-likeness (QED) is 0.719. The lowest BCUT2D eigenvalue weighted by molar-refractivity contribution is -0.125. The summed E-state index contributed by atoms with van der Waals surface area (Å²) in [7, 11) is 0. The highest BCUT2D eigenvalue weighted by Crippen LogP contribution is 2.34. The van der Waals surface area contributed by atoms with E-state index in [0.29, 0.717) is 27.7 Å². The normalized spacial score (nSPS) is 15.8. The average Bonchev–Trinajstić information content (AvgIpc) is 3.07. The first-order valence-corrected chi connectivity index (χ1v) is 8.59. The van der Waals surface area contributed by atoms with Gasteiger partial charge in [0.2, 0.25) is 11.8 Å². The number of benzene rings is 2. The Morgan fingerprint density at radius 2 is 1.89 bits per heavy atom. The maximum atomic E-state index is 13.2. The van der Waals surface area contributed by atoms with Crippen molar-refractivity contribution in [3.8, 4) is 11.1 Å². The number of amides is 2. The molecule has 4 rings (SSSR count). The molecule has 0 bridgehead atoms. The van der Waals surface area contributed by atoms with Crippen LogP contribution in [0.25, 0.3) is 11.1 Å². The zero-order valence-electron chi connectivity index (χ0n) is 13.9. The molecule has 0 saturated heterocycles. The minimum Gasteiger partial charge on any atom is -0.324 e. The largest absolute Gasteiger partial charge is 0.324 e. The van der Waals surface area contributed by atoms with Gasteiger partial charge in [-0.25, -0.2) is 9.07 Å². The van der Waals surface area contributed by atoms with E-state index in [-0.39, 0.29) is 24.1 Å². The number of rotatable bonds is 3. The van der Waals surface area contributed by atoms with E-state index in [1.165, 1.54) is 16.8 Å². The average molecular weight is 385 g/mol. The van der Waals surface area contributed by atoms with Gasteiger partial charge in [-0.05, 0) is 42.0 Å². The Labute approximate surface area is 158 Å². The fourth-order valence-electron chi connectivity index (χ4n) is 2.97. The Morgan fingerprint density at radius 1 is 1.19 bits per heavy atom. The summed E-state index contributed by atoms with van der Waals surface area (Å²) in [6.07, 6.45) is 1.52. The highest BCUT2D eigenvalue weighted by Gasteiger charge is 2.33. The number of carbonyl (C=O) groups is 2. The van der Waals surface area contributed by atoms with Gasteiger partial charge < -0.3 is 10.6 Å². The van der Waals surface area contributed by atoms with Crippen molar-refractivity contribution in [2.75, 3.05) is 10.6 Å². The van der Waals surface area contributed by atoms with Crippen molar-refractivity contribution in [1.29, 1.82) is 0 Å². The van der Waals surface area contributed by atoms with Crippen molar-refractivity contribution in [1.82, 2.24) is 9.78 Å². The Kier molecular flexibility index (Phi) is 4.37. The summed E-state index contributed by atoms with van der Waals surface area (Å²) < 4.78 is 14.7. The van der Waals surface area contributed by atoms with Crippen molar-refractivity contribution in [3.63, 3.8) is 0 Å². The summed E-state index contributed by atoms with van der Waals surface area (Å²) in [6, 6.07) is 11.7. The molecule has 2 heterocycles. The summed E-state index contributed by atoms with van der Waals surface area (Å²) in [4.78, 5) is 24.9. The van der Waals surface area contributed by atoms with E-state index in [1.54, 1.807) is 42.6 Å². The van der Waals surface area contributed by atoms with Gasteiger partial charge in [0.15, 0.2) is 0 Å². The van der Waals surface area contributed by atoms with Crippen LogP contribution in [0.4, 0.5) is 15.9 Å². The van der Waals surface area contributed by atoms with Crippen LogP contribution < -0.4 is 10.6 Å². The number of nitrogens with zero attached hydrogens (tertiary/aromatic N) is 2. The lowest BCUT2D eigenvalue weighted by Gasteiger charge is -2.24. The van der Waals surface area contributed by atoms with Crippen LogP contribution in [0.5, 0.6) is 0 Å². The van der Waals surface area contributed by atoms with E-state index in [4.69, 9.17) is 11.6 Å². The van der Waals surface area contributed by atoms with Gasteiger partial charge in [0, 0.05) is 16.3 Å². The molecule has 0 saturated carbocycles. The third kappa shape index (κ3) is 3.41. The summed E-state index contributed by atoms with van der Waals surface area (Å²) >= 11 is 5.85. The topological polar surface area (TPSA) is 76.0 Å². The summed E-state index contributed by atoms with van der Waals surface area (Å²) in [5.41, 5.74) is 1.88. The molecule has 1 aromatic heterocycles. The molecule has 6 nitrogen and oxygen atoms in total. The van der Waals surface area contributed by atoms with E-state index in [0.717, 1.165) is 0 Å². The first-order chi connectivity index (χ1) is 13.0. The lowest BCUT2D eigenvalue weighted by atomic mass is 10.1. The monoisotopic (exact) mass is 384 g/mol. The second-order valence-corrected chi connectivity index (χ2v) is 6.56. The molecule has 2 amide bonds. The van der Waals surface area contributed by atoms with E-state index in [1.807, 2.05) is 0 Å². The van der Waals surface area contributed by atoms with Crippen molar-refractivity contribution in [2.24, 2.45) is 0 Å². The molecule has 1 aliphatic heterocycles. The molecular weight excluding hydrogens is 371 g/mol. The van der Waals surface area contributed by atoms with Crippen LogP contribution in [0.3, 0.4) is 0 Å². The van der Waals surface area contributed by atoms with Crippen molar-refractivity contribution < 1.29 is 14.0 Å². The Bertz CT molecular complexity index is 1020. The van der Waals surface area contributed by atoms with E-state index in [2.05, 4.69) is 15.7 Å². The van der Waals surface area contributed by atoms with E-state index < -0.39 is 6.04 Å². The highest BCUT2D eigenvalue weighted by atomic mass is 35.5. The molecule has 2 aromatic carbocycles. The Morgan fingerprint density at radius 3 is 2.59 bits per heavy atom. The first-order valence-electron chi connectivity index (χ1n) is 8.21. The predicted octanol–water partition coefficient (Wildman–Crippen LogP) is 3.86. The number of hydrogen-bond donors (Lipinski definition) is 2. The maximum absolute atomic E-state index is 13.2. The van der Waals surface area contributed by atoms with Crippen molar-refractivity contribution in [2.45, 2.75) is 12.5 Å². The van der Waals surface area contributed by atoms with Gasteiger partial charge in [-0.15, -0.1) is 0 Å². The summed E-state index contributed by atoms with van der Waals surface area (Å²) in [6.45, 7) is 0. The van der Waals surface area contributed by atoms with E-state index >= 15 is 0 Å². The van der Waals surface area contributed by atoms with Crippen LogP contribution in [0.15, 0.2) is 54.7 Å². The number of anilines is 2. The lowest BCUT2D eigenvalue weighted by Crippen LogP contribution is -2.35. The zero-order chi connectivity index (χ0) is 19.0. The van der Waals surface area contributed by atoms with Gasteiger partial charge in [0.05, 0.1) is 12.6 Å². The molecule has 0 spiro atoms. The number of carbonyl (C=O) groups excluding carboxylic acids is 2. The third-order valence-electron chi connectivity index (χ3n) is 4.30. The molecule has 1 aliphatic rings. The smallest absolute Gasteiger partial charge is 0.249 e. The summed E-state index contributed by atoms with van der Waals surface area (Å²) in [5.74, 6) is -0.594. The van der Waals surface area contributed by atoms with Gasteiger partial charge in [-0.1, -0.05) is 23.7 Å². The van der Waals surface area contributed by atoms with Crippen molar-refractivity contribution in [3.05, 3.63) is 65.6 Å². The summed E-state index contributed by atoms with van der Waals surface area (Å²) in [5, 5.41) is 10.4. The van der Waals surface area contributed by atoms with Crippen LogP contribution in [-0.2, 0) is 9.59 Å². The van der Waals surface area contributed by atoms with Crippen LogP contribution in [-0.4, -0.2) is 21.6 Å². The van der Waals surface area contributed by atoms with Crippen LogP contribution in [0.2, 0.25) is 5.02 Å². The minimum atomic E-state index is -0.793. The fourth-order valence-corrected chi connectivity index (χ4v) is 3.10. The number of halogens is 2. The second-order valence-electron chi connectivity index (χ2n) is 6.12. The standard InChI is InChI=1S/C19H14ClFN4O2/c20-12-3-7-14(8-4-12)23-19(27)16-9-17(26)24-18-15(10-22-25(16)18)11-1-5-13(21)6-2-11/h1-8,10,16H,9H2,(H,23,27)(H,24,26)/t16-/m1/s1. The number of aromatic nitrogens is 2. The number of fused-ring (bicyclic) bond motifs is 1.